The number of aliphatic imine (C=N–C) groups is 1. The van der Waals surface area contributed by atoms with Gasteiger partial charge >= 0.3 is 0 Å². The maximum absolute atomic E-state index is 10.8. The number of phenolic OH excluding ortho intramolecular Hbond substituents is 1. The average molecular weight is 418 g/mol. The molecule has 30 heavy (non-hydrogen) atoms. The normalized spacial score (nSPS) is 13.9. The van der Waals surface area contributed by atoms with Crippen LogP contribution in [0.1, 0.15) is 54.5 Å². The SMILES string of the molecule is CCCC(C)(Pc1ccc(C)cc1C=NC)c1cc(Cc2ccccc2)ccc1O. The molecule has 0 saturated carbocycles. The van der Waals surface area contributed by atoms with Crippen molar-refractivity contribution in [3.8, 4) is 5.75 Å². The molecule has 2 atom stereocenters. The molecule has 0 heterocycles. The zero-order valence-electron chi connectivity index (χ0n) is 18.4. The first-order valence-corrected chi connectivity index (χ1v) is 11.6. The lowest BCUT2D eigenvalue weighted by molar-refractivity contribution is 0.453. The van der Waals surface area contributed by atoms with Crippen molar-refractivity contribution in [2.24, 2.45) is 4.99 Å². The summed E-state index contributed by atoms with van der Waals surface area (Å²) in [5, 5.41) is 12.0. The third-order valence-corrected chi connectivity index (χ3v) is 7.34. The number of phenols is 1. The molecular weight excluding hydrogens is 385 g/mol. The summed E-state index contributed by atoms with van der Waals surface area (Å²) in [5.74, 6) is 0.396. The Hall–Kier alpha value is -2.44. The highest BCUT2D eigenvalue weighted by Gasteiger charge is 2.30. The van der Waals surface area contributed by atoms with Crippen LogP contribution < -0.4 is 5.30 Å². The molecule has 0 fully saturated rings. The van der Waals surface area contributed by atoms with Gasteiger partial charge in [0.1, 0.15) is 5.75 Å². The molecule has 0 spiro atoms. The maximum Gasteiger partial charge on any atom is 0.119 e. The van der Waals surface area contributed by atoms with Crippen LogP contribution in [-0.4, -0.2) is 18.4 Å². The molecule has 0 radical (unpaired) electrons. The molecule has 0 saturated heterocycles. The Balaban J connectivity index is 2.00. The topological polar surface area (TPSA) is 32.6 Å². The van der Waals surface area contributed by atoms with Crippen LogP contribution >= 0.6 is 8.58 Å². The minimum absolute atomic E-state index is 0.128. The van der Waals surface area contributed by atoms with Gasteiger partial charge in [-0.1, -0.05) is 89.0 Å². The van der Waals surface area contributed by atoms with E-state index in [0.717, 1.165) is 24.8 Å². The monoisotopic (exact) mass is 417 g/mol. The first-order valence-electron chi connectivity index (χ1n) is 10.6. The third kappa shape index (κ3) is 5.37. The molecule has 3 rings (SSSR count). The summed E-state index contributed by atoms with van der Waals surface area (Å²) < 4.78 is 0. The molecule has 3 aromatic rings. The standard InChI is InChI=1S/C27H32NOP/c1-5-15-27(3,30-26-14-11-20(2)16-23(26)19-28-4)24-18-22(12-13-25(24)29)17-21-9-7-6-8-10-21/h6-14,16,18-19,29-30H,5,15,17H2,1-4H3. The highest BCUT2D eigenvalue weighted by Crippen LogP contribution is 2.48. The molecule has 0 aliphatic rings. The molecule has 3 aromatic carbocycles. The van der Waals surface area contributed by atoms with E-state index in [1.165, 1.54) is 27.6 Å². The van der Waals surface area contributed by atoms with Crippen LogP contribution in [0.4, 0.5) is 0 Å². The quantitative estimate of drug-likeness (QED) is 0.336. The van der Waals surface area contributed by atoms with Gasteiger partial charge in [-0.05, 0) is 53.9 Å². The minimum atomic E-state index is -0.128. The summed E-state index contributed by atoms with van der Waals surface area (Å²) in [6.07, 6.45) is 4.91. The Morgan fingerprint density at radius 3 is 2.47 bits per heavy atom. The minimum Gasteiger partial charge on any atom is -0.508 e. The number of hydrogen-bond donors (Lipinski definition) is 1. The smallest absolute Gasteiger partial charge is 0.119 e. The first-order chi connectivity index (χ1) is 14.4. The molecule has 3 heteroatoms. The van der Waals surface area contributed by atoms with E-state index in [4.69, 9.17) is 0 Å². The Labute approximate surface area is 182 Å². The van der Waals surface area contributed by atoms with Gasteiger partial charge in [-0.25, -0.2) is 0 Å². The maximum atomic E-state index is 10.8. The Bertz CT molecular complexity index is 1010. The van der Waals surface area contributed by atoms with Gasteiger partial charge in [-0.2, -0.15) is 0 Å². The molecule has 0 aromatic heterocycles. The van der Waals surface area contributed by atoms with Gasteiger partial charge in [-0.3, -0.25) is 4.99 Å². The lowest BCUT2D eigenvalue weighted by Gasteiger charge is -2.32. The predicted molar refractivity (Wildman–Crippen MR) is 132 cm³/mol. The van der Waals surface area contributed by atoms with Crippen LogP contribution in [0.15, 0.2) is 71.7 Å². The van der Waals surface area contributed by atoms with E-state index in [2.05, 4.69) is 74.3 Å². The summed E-state index contributed by atoms with van der Waals surface area (Å²) in [5.41, 5.74) is 5.99. The molecular formula is C27H32NOP. The second kappa shape index (κ2) is 10.0. The van der Waals surface area contributed by atoms with Crippen molar-refractivity contribution in [2.45, 2.75) is 45.2 Å². The van der Waals surface area contributed by atoms with Crippen LogP contribution in [0.5, 0.6) is 5.75 Å². The van der Waals surface area contributed by atoms with E-state index < -0.39 is 0 Å². The van der Waals surface area contributed by atoms with Crippen LogP contribution in [0.25, 0.3) is 0 Å². The fourth-order valence-electron chi connectivity index (χ4n) is 4.07. The van der Waals surface area contributed by atoms with Crippen LogP contribution in [0.3, 0.4) is 0 Å². The van der Waals surface area contributed by atoms with Gasteiger partial charge in [0, 0.05) is 24.0 Å². The predicted octanol–water partition coefficient (Wildman–Crippen LogP) is 6.36. The van der Waals surface area contributed by atoms with Crippen LogP contribution in [-0.2, 0) is 11.6 Å². The van der Waals surface area contributed by atoms with Gasteiger partial charge in [0.05, 0.1) is 0 Å². The Kier molecular flexibility index (Phi) is 7.45. The van der Waals surface area contributed by atoms with Crippen molar-refractivity contribution in [3.63, 3.8) is 0 Å². The molecule has 2 unspecified atom stereocenters. The molecule has 156 valence electrons. The fourth-order valence-corrected chi connectivity index (χ4v) is 5.82. The van der Waals surface area contributed by atoms with E-state index in [9.17, 15) is 5.11 Å². The highest BCUT2D eigenvalue weighted by atomic mass is 31.1. The van der Waals surface area contributed by atoms with E-state index in [0.29, 0.717) is 14.3 Å². The van der Waals surface area contributed by atoms with Gasteiger partial charge in [-0.15, -0.1) is 0 Å². The van der Waals surface area contributed by atoms with E-state index >= 15 is 0 Å². The van der Waals surface area contributed by atoms with Crippen molar-refractivity contribution in [2.75, 3.05) is 7.05 Å². The summed E-state index contributed by atoms with van der Waals surface area (Å²) in [7, 11) is 2.37. The molecule has 2 nitrogen and oxygen atoms in total. The average Bonchev–Trinajstić information content (AvgIpc) is 2.73. The largest absolute Gasteiger partial charge is 0.508 e. The third-order valence-electron chi connectivity index (χ3n) is 5.54. The zero-order valence-corrected chi connectivity index (χ0v) is 19.4. The molecule has 1 N–H and O–H groups in total. The molecule has 0 amide bonds. The van der Waals surface area contributed by atoms with Gasteiger partial charge in [0.25, 0.3) is 0 Å². The number of aromatic hydroxyl groups is 1. The van der Waals surface area contributed by atoms with Crippen molar-refractivity contribution in [1.82, 2.24) is 0 Å². The van der Waals surface area contributed by atoms with Crippen molar-refractivity contribution in [1.29, 1.82) is 0 Å². The highest BCUT2D eigenvalue weighted by molar-refractivity contribution is 7.48. The van der Waals surface area contributed by atoms with Crippen LogP contribution in [0.2, 0.25) is 0 Å². The van der Waals surface area contributed by atoms with Gasteiger partial charge in [0.2, 0.25) is 0 Å². The number of benzene rings is 3. The number of hydrogen-bond acceptors (Lipinski definition) is 2. The van der Waals surface area contributed by atoms with Crippen LogP contribution in [0, 0.1) is 6.92 Å². The zero-order chi connectivity index (χ0) is 21.6. The molecule has 0 bridgehead atoms. The number of rotatable bonds is 8. The van der Waals surface area contributed by atoms with E-state index in [-0.39, 0.29) is 5.16 Å². The van der Waals surface area contributed by atoms with Crippen molar-refractivity contribution >= 4 is 20.1 Å². The Morgan fingerprint density at radius 2 is 1.77 bits per heavy atom. The van der Waals surface area contributed by atoms with Crippen molar-refractivity contribution in [3.05, 3.63) is 94.5 Å². The molecule has 0 aliphatic carbocycles. The number of aryl methyl sites for hydroxylation is 1. The van der Waals surface area contributed by atoms with E-state index in [1.54, 1.807) is 0 Å². The second-order valence-electron chi connectivity index (χ2n) is 8.20. The van der Waals surface area contributed by atoms with Crippen molar-refractivity contribution < 1.29 is 5.11 Å². The first kappa shape index (κ1) is 22.2. The van der Waals surface area contributed by atoms with Gasteiger partial charge < -0.3 is 5.11 Å². The Morgan fingerprint density at radius 1 is 1.00 bits per heavy atom. The van der Waals surface area contributed by atoms with Gasteiger partial charge in [0.15, 0.2) is 0 Å². The van der Waals surface area contributed by atoms with E-state index in [1.807, 2.05) is 31.5 Å². The summed E-state index contributed by atoms with van der Waals surface area (Å²) in [4.78, 5) is 4.27. The number of nitrogens with zero attached hydrogens (tertiary/aromatic N) is 1. The summed E-state index contributed by atoms with van der Waals surface area (Å²) in [6, 6.07) is 23.2. The second-order valence-corrected chi connectivity index (χ2v) is 10.1. The lowest BCUT2D eigenvalue weighted by atomic mass is 9.91. The summed E-state index contributed by atoms with van der Waals surface area (Å²) in [6.45, 7) is 6.63. The molecule has 0 aliphatic heterocycles. The fraction of sp³-hybridized carbons (Fsp3) is 0.296. The lowest BCUT2D eigenvalue weighted by Crippen LogP contribution is -2.21. The summed E-state index contributed by atoms with van der Waals surface area (Å²) >= 11 is 0.